The van der Waals surface area contributed by atoms with Crippen LogP contribution in [0.25, 0.3) is 11.1 Å². The maximum absolute atomic E-state index is 2.32. The summed E-state index contributed by atoms with van der Waals surface area (Å²) in [5, 5.41) is 0. The van der Waals surface area contributed by atoms with Gasteiger partial charge < -0.3 is 0 Å². The fourth-order valence-corrected chi connectivity index (χ4v) is 3.11. The van der Waals surface area contributed by atoms with E-state index in [2.05, 4.69) is 62.4 Å². The van der Waals surface area contributed by atoms with Crippen LogP contribution in [0.5, 0.6) is 0 Å². The highest BCUT2D eigenvalue weighted by Gasteiger charge is 2.08. The first-order chi connectivity index (χ1) is 10.9. The molecule has 0 saturated heterocycles. The van der Waals surface area contributed by atoms with E-state index in [1.165, 1.54) is 73.6 Å². The molecule has 22 heavy (non-hydrogen) atoms. The monoisotopic (exact) mass is 294 g/mol. The number of benzene rings is 2. The summed E-state index contributed by atoms with van der Waals surface area (Å²) in [6, 6.07) is 18.0. The van der Waals surface area contributed by atoms with Gasteiger partial charge in [-0.1, -0.05) is 88.1 Å². The molecule has 0 nitrogen and oxygen atoms in total. The first-order valence-electron chi connectivity index (χ1n) is 9.03. The Kier molecular flexibility index (Phi) is 7.22. The van der Waals surface area contributed by atoms with Gasteiger partial charge in [-0.25, -0.2) is 0 Å². The lowest BCUT2D eigenvalue weighted by Gasteiger charge is -2.14. The van der Waals surface area contributed by atoms with Crippen molar-refractivity contribution in [3.63, 3.8) is 0 Å². The number of hydrogen-bond acceptors (Lipinski definition) is 0. The Morgan fingerprint density at radius 1 is 0.545 bits per heavy atom. The molecule has 0 aromatic heterocycles. The van der Waals surface area contributed by atoms with Gasteiger partial charge in [0.15, 0.2) is 0 Å². The Balaban J connectivity index is 2.21. The zero-order chi connectivity index (χ0) is 15.6. The molecule has 2 aromatic rings. The Morgan fingerprint density at radius 3 is 1.59 bits per heavy atom. The molecule has 0 spiro atoms. The van der Waals surface area contributed by atoms with Crippen molar-refractivity contribution in [2.24, 2.45) is 0 Å². The Hall–Kier alpha value is -1.56. The highest BCUT2D eigenvalue weighted by Crippen LogP contribution is 2.29. The fourth-order valence-electron chi connectivity index (χ4n) is 3.11. The summed E-state index contributed by atoms with van der Waals surface area (Å²) in [6.45, 7) is 4.54. The molecule has 0 N–H and O–H groups in total. The van der Waals surface area contributed by atoms with Gasteiger partial charge in [0.05, 0.1) is 0 Å². The quantitative estimate of drug-likeness (QED) is 0.445. The largest absolute Gasteiger partial charge is 0.0654 e. The van der Waals surface area contributed by atoms with Crippen molar-refractivity contribution in [2.75, 3.05) is 0 Å². The van der Waals surface area contributed by atoms with Crippen LogP contribution < -0.4 is 0 Å². The van der Waals surface area contributed by atoms with E-state index in [-0.39, 0.29) is 0 Å². The van der Waals surface area contributed by atoms with Gasteiger partial charge in [0.1, 0.15) is 0 Å². The molecule has 0 heterocycles. The molecule has 0 radical (unpaired) electrons. The van der Waals surface area contributed by atoms with Gasteiger partial charge in [-0.3, -0.25) is 0 Å². The van der Waals surface area contributed by atoms with Gasteiger partial charge in [-0.15, -0.1) is 0 Å². The van der Waals surface area contributed by atoms with Crippen LogP contribution in [-0.4, -0.2) is 0 Å². The standard InChI is InChI=1S/C22H30/c1-3-5-7-8-14-20-16-10-12-18-22(20)21-17-11-9-15-19(21)13-6-4-2/h9-12,15-18H,3-8,13-14H2,1-2H3. The third-order valence-electron chi connectivity index (χ3n) is 4.42. The summed E-state index contributed by atoms with van der Waals surface area (Å²) >= 11 is 0. The summed E-state index contributed by atoms with van der Waals surface area (Å²) in [7, 11) is 0. The smallest absolute Gasteiger partial charge is 0.0149 e. The van der Waals surface area contributed by atoms with E-state index in [1.54, 1.807) is 0 Å². The van der Waals surface area contributed by atoms with Crippen molar-refractivity contribution in [1.82, 2.24) is 0 Å². The molecule has 2 aromatic carbocycles. The van der Waals surface area contributed by atoms with Crippen molar-refractivity contribution in [1.29, 1.82) is 0 Å². The van der Waals surface area contributed by atoms with Gasteiger partial charge in [0, 0.05) is 0 Å². The van der Waals surface area contributed by atoms with E-state index in [0.29, 0.717) is 0 Å². The van der Waals surface area contributed by atoms with Crippen LogP contribution in [0.1, 0.15) is 63.5 Å². The molecule has 0 atom stereocenters. The minimum Gasteiger partial charge on any atom is -0.0654 e. The van der Waals surface area contributed by atoms with Crippen LogP contribution in [-0.2, 0) is 12.8 Å². The second-order valence-electron chi connectivity index (χ2n) is 6.23. The van der Waals surface area contributed by atoms with Crippen LogP contribution in [0.3, 0.4) is 0 Å². The second kappa shape index (κ2) is 9.46. The summed E-state index contributed by atoms with van der Waals surface area (Å²) in [6.07, 6.45) is 10.2. The van der Waals surface area contributed by atoms with Gasteiger partial charge in [0.25, 0.3) is 0 Å². The molecule has 0 fully saturated rings. The minimum absolute atomic E-state index is 1.19. The summed E-state index contributed by atoms with van der Waals surface area (Å²) in [5.74, 6) is 0. The zero-order valence-corrected chi connectivity index (χ0v) is 14.3. The van der Waals surface area contributed by atoms with Gasteiger partial charge >= 0.3 is 0 Å². The van der Waals surface area contributed by atoms with Crippen molar-refractivity contribution in [3.8, 4) is 11.1 Å². The van der Waals surface area contributed by atoms with E-state index in [1.807, 2.05) is 0 Å². The molecule has 0 saturated carbocycles. The van der Waals surface area contributed by atoms with Gasteiger partial charge in [-0.05, 0) is 47.9 Å². The number of aryl methyl sites for hydroxylation is 2. The maximum Gasteiger partial charge on any atom is -0.0149 e. The van der Waals surface area contributed by atoms with Gasteiger partial charge in [0.2, 0.25) is 0 Å². The maximum atomic E-state index is 2.32. The third-order valence-corrected chi connectivity index (χ3v) is 4.42. The van der Waals surface area contributed by atoms with Crippen molar-refractivity contribution < 1.29 is 0 Å². The molecule has 0 heteroatoms. The lowest BCUT2D eigenvalue weighted by atomic mass is 9.91. The molecule has 0 unspecified atom stereocenters. The predicted molar refractivity (Wildman–Crippen MR) is 98.3 cm³/mol. The normalized spacial score (nSPS) is 10.8. The average Bonchev–Trinajstić information content (AvgIpc) is 2.57. The Bertz CT molecular complexity index is 553. The third kappa shape index (κ3) is 4.73. The van der Waals surface area contributed by atoms with Crippen LogP contribution >= 0.6 is 0 Å². The molecule has 0 bridgehead atoms. The zero-order valence-electron chi connectivity index (χ0n) is 14.3. The lowest BCUT2D eigenvalue weighted by Crippen LogP contribution is -1.95. The second-order valence-corrected chi connectivity index (χ2v) is 6.23. The van der Waals surface area contributed by atoms with Crippen LogP contribution in [0.2, 0.25) is 0 Å². The van der Waals surface area contributed by atoms with Gasteiger partial charge in [-0.2, -0.15) is 0 Å². The lowest BCUT2D eigenvalue weighted by molar-refractivity contribution is 0.667. The van der Waals surface area contributed by atoms with Crippen molar-refractivity contribution >= 4 is 0 Å². The molecule has 0 aliphatic heterocycles. The molecular weight excluding hydrogens is 264 g/mol. The van der Waals surface area contributed by atoms with Crippen LogP contribution in [0.15, 0.2) is 48.5 Å². The highest BCUT2D eigenvalue weighted by molar-refractivity contribution is 5.70. The molecule has 0 amide bonds. The van der Waals surface area contributed by atoms with E-state index in [0.717, 1.165) is 0 Å². The fraction of sp³-hybridized carbons (Fsp3) is 0.455. The van der Waals surface area contributed by atoms with Crippen LogP contribution in [0, 0.1) is 0 Å². The Labute approximate surface area is 136 Å². The summed E-state index contributed by atoms with van der Waals surface area (Å²) in [5.41, 5.74) is 5.92. The molecule has 2 rings (SSSR count). The molecule has 118 valence electrons. The summed E-state index contributed by atoms with van der Waals surface area (Å²) < 4.78 is 0. The Morgan fingerprint density at radius 2 is 1.05 bits per heavy atom. The number of unbranched alkanes of at least 4 members (excludes halogenated alkanes) is 4. The van der Waals surface area contributed by atoms with Crippen molar-refractivity contribution in [3.05, 3.63) is 59.7 Å². The molecular formula is C22H30. The first-order valence-corrected chi connectivity index (χ1v) is 9.03. The predicted octanol–water partition coefficient (Wildman–Crippen LogP) is 6.82. The average molecular weight is 294 g/mol. The highest BCUT2D eigenvalue weighted by atomic mass is 14.1. The van der Waals surface area contributed by atoms with Crippen molar-refractivity contribution in [2.45, 2.75) is 65.2 Å². The van der Waals surface area contributed by atoms with Crippen LogP contribution in [0.4, 0.5) is 0 Å². The SMILES string of the molecule is CCCCCCc1ccccc1-c1ccccc1CCCC. The van der Waals surface area contributed by atoms with E-state index >= 15 is 0 Å². The molecule has 0 aliphatic carbocycles. The number of hydrogen-bond donors (Lipinski definition) is 0. The topological polar surface area (TPSA) is 0 Å². The minimum atomic E-state index is 1.19. The van der Waals surface area contributed by atoms with E-state index < -0.39 is 0 Å². The van der Waals surface area contributed by atoms with E-state index in [4.69, 9.17) is 0 Å². The first kappa shape index (κ1) is 16.8. The summed E-state index contributed by atoms with van der Waals surface area (Å²) in [4.78, 5) is 0. The molecule has 0 aliphatic rings. The van der Waals surface area contributed by atoms with E-state index in [9.17, 15) is 0 Å². The number of rotatable bonds is 9.